The summed E-state index contributed by atoms with van der Waals surface area (Å²) in [6.07, 6.45) is 2.50. The first-order valence-electron chi connectivity index (χ1n) is 8.12. The molecule has 1 atom stereocenters. The van der Waals surface area contributed by atoms with Crippen LogP contribution >= 0.6 is 0 Å². The molecule has 2 rings (SSSR count). The fraction of sp³-hybridized carbons (Fsp3) is 0.611. The first-order valence-corrected chi connectivity index (χ1v) is 8.12. The van der Waals surface area contributed by atoms with E-state index in [0.29, 0.717) is 18.4 Å². The molecule has 0 spiro atoms. The maximum atomic E-state index is 6.20. The van der Waals surface area contributed by atoms with Crippen molar-refractivity contribution in [2.24, 2.45) is 16.6 Å². The number of likely N-dealkylation sites (tertiary alicyclic amines) is 1. The van der Waals surface area contributed by atoms with Crippen molar-refractivity contribution in [3.05, 3.63) is 29.8 Å². The maximum absolute atomic E-state index is 6.20. The predicted octanol–water partition coefficient (Wildman–Crippen LogP) is 3.02. The average molecular weight is 303 g/mol. The summed E-state index contributed by atoms with van der Waals surface area (Å²) in [6.45, 7) is 9.39. The summed E-state index contributed by atoms with van der Waals surface area (Å²) >= 11 is 0. The summed E-state index contributed by atoms with van der Waals surface area (Å²) in [5.74, 6) is 2.27. The number of aliphatic imine (C=N–C) groups is 1. The third-order valence-electron chi connectivity index (χ3n) is 4.47. The molecule has 0 radical (unpaired) electrons. The number of rotatable bonds is 4. The van der Waals surface area contributed by atoms with Crippen LogP contribution in [-0.4, -0.2) is 37.6 Å². The Kier molecular flexibility index (Phi) is 5.33. The number of methoxy groups -OCH3 is 1. The molecule has 2 N–H and O–H groups in total. The molecule has 0 saturated carbocycles. The van der Waals surface area contributed by atoms with Gasteiger partial charge < -0.3 is 15.4 Å². The van der Waals surface area contributed by atoms with Crippen LogP contribution in [0.25, 0.3) is 0 Å². The van der Waals surface area contributed by atoms with Gasteiger partial charge in [0, 0.05) is 18.5 Å². The van der Waals surface area contributed by atoms with Crippen LogP contribution < -0.4 is 10.5 Å². The standard InChI is InChI=1S/C18H29N3O/c1-14-7-6-10-21(12-14)17(19)20-13-18(2,3)15-8-5-9-16(11-15)22-4/h5,8-9,11,14H,6-7,10,12-13H2,1-4H3,(H2,19,20). The number of benzene rings is 1. The van der Waals surface area contributed by atoms with Crippen LogP contribution in [0.4, 0.5) is 0 Å². The Bertz CT molecular complexity index is 525. The van der Waals surface area contributed by atoms with Gasteiger partial charge in [-0.2, -0.15) is 0 Å². The third-order valence-corrected chi connectivity index (χ3v) is 4.47. The van der Waals surface area contributed by atoms with Gasteiger partial charge in [0.15, 0.2) is 5.96 Å². The van der Waals surface area contributed by atoms with E-state index in [-0.39, 0.29) is 5.41 Å². The van der Waals surface area contributed by atoms with Crippen molar-refractivity contribution in [3.8, 4) is 5.75 Å². The highest BCUT2D eigenvalue weighted by atomic mass is 16.5. The Labute approximate surface area is 134 Å². The molecule has 4 nitrogen and oxygen atoms in total. The smallest absolute Gasteiger partial charge is 0.191 e. The lowest BCUT2D eigenvalue weighted by Gasteiger charge is -2.32. The van der Waals surface area contributed by atoms with E-state index in [9.17, 15) is 0 Å². The minimum atomic E-state index is -0.0689. The van der Waals surface area contributed by atoms with Gasteiger partial charge in [0.2, 0.25) is 0 Å². The van der Waals surface area contributed by atoms with E-state index in [1.165, 1.54) is 18.4 Å². The Morgan fingerprint density at radius 2 is 2.23 bits per heavy atom. The molecule has 22 heavy (non-hydrogen) atoms. The van der Waals surface area contributed by atoms with Gasteiger partial charge in [-0.1, -0.05) is 32.9 Å². The average Bonchev–Trinajstić information content (AvgIpc) is 2.52. The molecule has 122 valence electrons. The molecule has 1 saturated heterocycles. The van der Waals surface area contributed by atoms with Gasteiger partial charge in [0.05, 0.1) is 13.7 Å². The zero-order valence-electron chi connectivity index (χ0n) is 14.3. The van der Waals surface area contributed by atoms with Gasteiger partial charge >= 0.3 is 0 Å². The molecule has 0 aromatic heterocycles. The number of guanidine groups is 1. The van der Waals surface area contributed by atoms with Crippen molar-refractivity contribution in [3.63, 3.8) is 0 Å². The predicted molar refractivity (Wildman–Crippen MR) is 92.5 cm³/mol. The number of nitrogens with zero attached hydrogens (tertiary/aromatic N) is 2. The monoisotopic (exact) mass is 303 g/mol. The zero-order chi connectivity index (χ0) is 16.2. The van der Waals surface area contributed by atoms with Crippen molar-refractivity contribution in [2.45, 2.75) is 39.0 Å². The number of piperidine rings is 1. The topological polar surface area (TPSA) is 50.9 Å². The second-order valence-electron chi connectivity index (χ2n) is 6.98. The molecule has 1 aliphatic rings. The van der Waals surface area contributed by atoms with Crippen LogP contribution in [0.1, 0.15) is 39.2 Å². The molecule has 1 heterocycles. The Balaban J connectivity index is 2.05. The fourth-order valence-electron chi connectivity index (χ4n) is 2.91. The maximum Gasteiger partial charge on any atom is 0.191 e. The molecule has 0 bridgehead atoms. The molecular weight excluding hydrogens is 274 g/mol. The number of hydrogen-bond acceptors (Lipinski definition) is 2. The van der Waals surface area contributed by atoms with Gasteiger partial charge in [0.1, 0.15) is 5.75 Å². The highest BCUT2D eigenvalue weighted by Gasteiger charge is 2.22. The third kappa shape index (κ3) is 4.15. The van der Waals surface area contributed by atoms with Crippen molar-refractivity contribution in [2.75, 3.05) is 26.7 Å². The second-order valence-corrected chi connectivity index (χ2v) is 6.98. The summed E-state index contributed by atoms with van der Waals surface area (Å²) < 4.78 is 5.31. The molecular formula is C18H29N3O. The van der Waals surface area contributed by atoms with Crippen molar-refractivity contribution in [1.82, 2.24) is 4.90 Å². The van der Waals surface area contributed by atoms with Gasteiger partial charge in [0.25, 0.3) is 0 Å². The van der Waals surface area contributed by atoms with E-state index in [1.807, 2.05) is 12.1 Å². The normalized spacial score (nSPS) is 20.1. The van der Waals surface area contributed by atoms with Gasteiger partial charge in [-0.25, -0.2) is 0 Å². The van der Waals surface area contributed by atoms with E-state index in [0.717, 1.165) is 18.8 Å². The van der Waals surface area contributed by atoms with Crippen LogP contribution in [0.2, 0.25) is 0 Å². The Hall–Kier alpha value is -1.71. The van der Waals surface area contributed by atoms with Gasteiger partial charge in [-0.3, -0.25) is 4.99 Å². The fourth-order valence-corrected chi connectivity index (χ4v) is 2.91. The summed E-state index contributed by atoms with van der Waals surface area (Å²) in [7, 11) is 1.69. The summed E-state index contributed by atoms with van der Waals surface area (Å²) in [6, 6.07) is 8.19. The summed E-state index contributed by atoms with van der Waals surface area (Å²) in [5.41, 5.74) is 7.35. The minimum absolute atomic E-state index is 0.0689. The molecule has 0 amide bonds. The van der Waals surface area contributed by atoms with Crippen LogP contribution in [0.15, 0.2) is 29.3 Å². The van der Waals surface area contributed by atoms with E-state index in [2.05, 4.69) is 42.8 Å². The molecule has 1 aliphatic heterocycles. The number of ether oxygens (including phenoxy) is 1. The highest BCUT2D eigenvalue weighted by molar-refractivity contribution is 5.78. The van der Waals surface area contributed by atoms with E-state index < -0.39 is 0 Å². The zero-order valence-corrected chi connectivity index (χ0v) is 14.3. The van der Waals surface area contributed by atoms with Crippen LogP contribution in [-0.2, 0) is 5.41 Å². The molecule has 1 unspecified atom stereocenters. The molecule has 1 aromatic rings. The lowest BCUT2D eigenvalue weighted by molar-refractivity contribution is 0.270. The molecule has 1 fully saturated rings. The minimum Gasteiger partial charge on any atom is -0.497 e. The SMILES string of the molecule is COc1cccc(C(C)(C)CN=C(N)N2CCCC(C)C2)c1. The van der Waals surface area contributed by atoms with Crippen LogP contribution in [0.5, 0.6) is 5.75 Å². The number of hydrogen-bond donors (Lipinski definition) is 1. The molecule has 0 aliphatic carbocycles. The quantitative estimate of drug-likeness (QED) is 0.687. The van der Waals surface area contributed by atoms with E-state index in [1.54, 1.807) is 7.11 Å². The molecule has 4 heteroatoms. The largest absolute Gasteiger partial charge is 0.497 e. The van der Waals surface area contributed by atoms with Crippen molar-refractivity contribution in [1.29, 1.82) is 0 Å². The van der Waals surface area contributed by atoms with Crippen molar-refractivity contribution < 1.29 is 4.74 Å². The Morgan fingerprint density at radius 3 is 2.91 bits per heavy atom. The lowest BCUT2D eigenvalue weighted by Crippen LogP contribution is -2.44. The van der Waals surface area contributed by atoms with Crippen molar-refractivity contribution >= 4 is 5.96 Å². The van der Waals surface area contributed by atoms with Gasteiger partial charge in [-0.05, 0) is 36.5 Å². The Morgan fingerprint density at radius 1 is 1.45 bits per heavy atom. The first-order chi connectivity index (χ1) is 10.4. The number of nitrogens with two attached hydrogens (primary N) is 1. The lowest BCUT2D eigenvalue weighted by atomic mass is 9.84. The summed E-state index contributed by atoms with van der Waals surface area (Å²) in [4.78, 5) is 6.88. The molecule has 1 aromatic carbocycles. The summed E-state index contributed by atoms with van der Waals surface area (Å²) in [5, 5.41) is 0. The van der Waals surface area contributed by atoms with E-state index >= 15 is 0 Å². The highest BCUT2D eigenvalue weighted by Crippen LogP contribution is 2.27. The first kappa shape index (κ1) is 16.7. The van der Waals surface area contributed by atoms with Gasteiger partial charge in [-0.15, -0.1) is 0 Å². The van der Waals surface area contributed by atoms with Crippen LogP contribution in [0, 0.1) is 5.92 Å². The van der Waals surface area contributed by atoms with Crippen LogP contribution in [0.3, 0.4) is 0 Å². The van der Waals surface area contributed by atoms with E-state index in [4.69, 9.17) is 10.5 Å². The second kappa shape index (κ2) is 7.03.